The van der Waals surface area contributed by atoms with Gasteiger partial charge in [-0.25, -0.2) is 14.0 Å². The molecule has 45 heavy (non-hydrogen) atoms. The Bertz CT molecular complexity index is 1150. The zero-order valence-electron chi connectivity index (χ0n) is 28.0. The molecule has 0 amide bonds. The lowest BCUT2D eigenvalue weighted by Gasteiger charge is -2.47. The number of carbonyl (C=O) groups excluding carboxylic acids is 4. The molecule has 256 valence electrons. The molecule has 3 aliphatic rings. The Morgan fingerprint density at radius 2 is 1.67 bits per heavy atom. The highest BCUT2D eigenvalue weighted by Gasteiger charge is 2.60. The van der Waals surface area contributed by atoms with Crippen molar-refractivity contribution >= 4 is 23.7 Å². The molecule has 0 bridgehead atoms. The molecule has 3 heterocycles. The number of ketones is 2. The van der Waals surface area contributed by atoms with Crippen molar-refractivity contribution in [2.45, 2.75) is 128 Å². The van der Waals surface area contributed by atoms with Crippen molar-refractivity contribution in [1.82, 2.24) is 4.90 Å². The zero-order valence-corrected chi connectivity index (χ0v) is 28.0. The summed E-state index contributed by atoms with van der Waals surface area (Å²) in [6.07, 6.45) is -5.70. The maximum absolute atomic E-state index is 16.4. The van der Waals surface area contributed by atoms with E-state index >= 15 is 4.39 Å². The Hall–Kier alpha value is -2.45. The second kappa shape index (κ2) is 13.7. The number of aliphatic hydroxyl groups excluding tert-OH is 1. The van der Waals surface area contributed by atoms with Crippen LogP contribution in [0.2, 0.25) is 0 Å². The van der Waals surface area contributed by atoms with E-state index in [-0.39, 0.29) is 31.0 Å². The summed E-state index contributed by atoms with van der Waals surface area (Å²) >= 11 is 0. The Labute approximate surface area is 264 Å². The van der Waals surface area contributed by atoms with E-state index in [9.17, 15) is 24.3 Å². The second-order valence-electron chi connectivity index (χ2n) is 13.6. The monoisotopic (exact) mass is 643 g/mol. The van der Waals surface area contributed by atoms with Crippen LogP contribution in [0.4, 0.5) is 9.18 Å². The first kappa shape index (κ1) is 37.0. The van der Waals surface area contributed by atoms with Crippen molar-refractivity contribution in [3.8, 4) is 0 Å². The van der Waals surface area contributed by atoms with Crippen molar-refractivity contribution in [2.75, 3.05) is 20.7 Å². The molecule has 0 aliphatic carbocycles. The summed E-state index contributed by atoms with van der Waals surface area (Å²) in [4.78, 5) is 55.3. The van der Waals surface area contributed by atoms with Gasteiger partial charge in [-0.1, -0.05) is 26.8 Å². The minimum absolute atomic E-state index is 0.0306. The summed E-state index contributed by atoms with van der Waals surface area (Å²) < 4.78 is 51.2. The first-order valence-corrected chi connectivity index (χ1v) is 15.5. The maximum atomic E-state index is 16.4. The Morgan fingerprint density at radius 1 is 1.04 bits per heavy atom. The Kier molecular flexibility index (Phi) is 11.3. The highest BCUT2D eigenvalue weighted by Crippen LogP contribution is 2.42. The van der Waals surface area contributed by atoms with E-state index in [1.54, 1.807) is 34.9 Å². The molecule has 0 radical (unpaired) electrons. The Balaban J connectivity index is 2.16. The molecule has 0 unspecified atom stereocenters. The van der Waals surface area contributed by atoms with E-state index < -0.39 is 83.2 Å². The summed E-state index contributed by atoms with van der Waals surface area (Å²) in [5, 5.41) is 11.3. The zero-order chi connectivity index (χ0) is 34.2. The summed E-state index contributed by atoms with van der Waals surface area (Å²) in [6, 6.07) is -0.362. The second-order valence-corrected chi connectivity index (χ2v) is 13.6. The van der Waals surface area contributed by atoms with E-state index in [4.69, 9.17) is 28.4 Å². The molecule has 0 aromatic heterocycles. The number of ether oxygens (including phenoxy) is 6. The molecule has 12 nitrogen and oxygen atoms in total. The molecule has 3 rings (SSSR count). The smallest absolute Gasteiger partial charge is 0.456 e. The number of halogens is 1. The first-order chi connectivity index (χ1) is 20.7. The van der Waals surface area contributed by atoms with Gasteiger partial charge in [0.05, 0.1) is 30.3 Å². The van der Waals surface area contributed by atoms with Gasteiger partial charge in [0.1, 0.15) is 18.0 Å². The van der Waals surface area contributed by atoms with Gasteiger partial charge in [-0.05, 0) is 61.6 Å². The largest absolute Gasteiger partial charge is 0.509 e. The minimum atomic E-state index is -3.17. The lowest BCUT2D eigenvalue weighted by Crippen LogP contribution is -2.61. The first-order valence-electron chi connectivity index (χ1n) is 15.5. The third-order valence-corrected chi connectivity index (χ3v) is 9.69. The molecule has 13 heteroatoms. The van der Waals surface area contributed by atoms with Crippen molar-refractivity contribution in [3.05, 3.63) is 12.7 Å². The summed E-state index contributed by atoms with van der Waals surface area (Å²) in [5.74, 6) is -6.09. The fraction of sp³-hybridized carbons (Fsp3) is 0.812. The summed E-state index contributed by atoms with van der Waals surface area (Å²) in [7, 11) is 3.61. The molecule has 3 fully saturated rings. The van der Waals surface area contributed by atoms with Crippen LogP contribution >= 0.6 is 0 Å². The Morgan fingerprint density at radius 3 is 2.24 bits per heavy atom. The van der Waals surface area contributed by atoms with E-state index in [1.807, 2.05) is 11.8 Å². The van der Waals surface area contributed by atoms with Crippen LogP contribution in [0.25, 0.3) is 0 Å². The van der Waals surface area contributed by atoms with Gasteiger partial charge in [0.25, 0.3) is 5.67 Å². The minimum Gasteiger partial charge on any atom is -0.456 e. The normalized spacial score (nSPS) is 45.3. The molecule has 1 N–H and O–H groups in total. The van der Waals surface area contributed by atoms with E-state index in [1.165, 1.54) is 26.8 Å². The predicted octanol–water partition coefficient (Wildman–Crippen LogP) is 3.16. The number of aliphatic hydroxyl groups is 1. The molecular formula is C32H50FNO11. The van der Waals surface area contributed by atoms with Crippen LogP contribution in [0.3, 0.4) is 0 Å². The number of likely N-dealkylation sites (N-methyl/N-ethyl adjacent to an activating group) is 1. The third kappa shape index (κ3) is 7.27. The fourth-order valence-electron chi connectivity index (χ4n) is 6.85. The average molecular weight is 644 g/mol. The molecule has 0 aromatic carbocycles. The molecule has 13 atom stereocenters. The summed E-state index contributed by atoms with van der Waals surface area (Å²) in [6.45, 7) is 15.3. The van der Waals surface area contributed by atoms with Crippen LogP contribution in [-0.2, 0) is 42.8 Å². The van der Waals surface area contributed by atoms with Gasteiger partial charge < -0.3 is 38.4 Å². The van der Waals surface area contributed by atoms with Gasteiger partial charge in [0, 0.05) is 17.9 Å². The molecule has 3 saturated heterocycles. The molecule has 0 saturated carbocycles. The number of alkyl halides is 1. The number of Topliss-reactive ketones (excluding diaryl/α,β-unsaturated/α-hetero) is 2. The number of rotatable bonds is 6. The van der Waals surface area contributed by atoms with Crippen LogP contribution in [0, 0.1) is 17.8 Å². The SMILES string of the molecule is C=CCO[C@@]1(C)C[C@@H](C)C(=O)[C@H](C)[C@H]2OC(=O)O[C@]2(C)[C@@H](C)OC(=O)[C@@](C)(F)C(=O)[C@H](C)[C@H]1O[C@@H]1O[C@H](C)C[C@H](N(C)C)[C@H]1O. The van der Waals surface area contributed by atoms with Crippen LogP contribution in [-0.4, -0.2) is 114 Å². The van der Waals surface area contributed by atoms with Gasteiger partial charge in [0.2, 0.25) is 0 Å². The standard InChI is InChI=1S/C32H50FNO11/c1-12-13-40-30(7)15-16(2)22(35)18(4)26-32(9,45-29(39)44-26)20(6)42-28(38)31(8,33)24(37)19(5)25(30)43-27-23(36)21(34(10)11)14-17(3)41-27/h12,16-21,23,25-27,36H,1,13-15H2,2-11H3/t16-,17-,18+,19+,20-,21+,23-,25-,26-,27+,30+,31+,32-/m1/s1. The van der Waals surface area contributed by atoms with Gasteiger partial charge in [-0.2, -0.15) is 0 Å². The number of esters is 1. The number of hydrogen-bond acceptors (Lipinski definition) is 12. The van der Waals surface area contributed by atoms with Crippen molar-refractivity contribution in [3.63, 3.8) is 0 Å². The molecule has 0 aromatic rings. The van der Waals surface area contributed by atoms with Crippen molar-refractivity contribution in [1.29, 1.82) is 0 Å². The number of cyclic esters (lactones) is 1. The van der Waals surface area contributed by atoms with Crippen LogP contribution in [0.1, 0.15) is 68.2 Å². The van der Waals surface area contributed by atoms with Gasteiger partial charge in [-0.15, -0.1) is 6.58 Å². The van der Waals surface area contributed by atoms with E-state index in [0.717, 1.165) is 6.92 Å². The molecule has 3 aliphatic heterocycles. The van der Waals surface area contributed by atoms with Crippen LogP contribution < -0.4 is 0 Å². The topological polar surface area (TPSA) is 147 Å². The number of carbonyl (C=O) groups is 4. The average Bonchev–Trinajstić information content (AvgIpc) is 3.28. The quantitative estimate of drug-likeness (QED) is 0.258. The number of fused-ring (bicyclic) bond motifs is 1. The van der Waals surface area contributed by atoms with Crippen molar-refractivity contribution in [2.24, 2.45) is 17.8 Å². The highest BCUT2D eigenvalue weighted by molar-refractivity contribution is 6.07. The number of nitrogens with zero attached hydrogens (tertiary/aromatic N) is 1. The van der Waals surface area contributed by atoms with E-state index in [0.29, 0.717) is 6.42 Å². The molecule has 0 spiro atoms. The highest BCUT2D eigenvalue weighted by atomic mass is 19.1. The van der Waals surface area contributed by atoms with Crippen LogP contribution in [0.5, 0.6) is 0 Å². The van der Waals surface area contributed by atoms with Gasteiger partial charge in [0.15, 0.2) is 23.8 Å². The fourth-order valence-corrected chi connectivity index (χ4v) is 6.85. The van der Waals surface area contributed by atoms with Crippen molar-refractivity contribution < 1.29 is 57.1 Å². The van der Waals surface area contributed by atoms with Gasteiger partial charge in [-0.3, -0.25) is 9.59 Å². The van der Waals surface area contributed by atoms with Crippen LogP contribution in [0.15, 0.2) is 12.7 Å². The predicted molar refractivity (Wildman–Crippen MR) is 159 cm³/mol. The summed E-state index contributed by atoms with van der Waals surface area (Å²) in [5.41, 5.74) is -6.32. The lowest BCUT2D eigenvalue weighted by atomic mass is 9.74. The van der Waals surface area contributed by atoms with Gasteiger partial charge >= 0.3 is 12.1 Å². The third-order valence-electron chi connectivity index (χ3n) is 9.69. The van der Waals surface area contributed by atoms with E-state index in [2.05, 4.69) is 6.58 Å². The number of hydrogen-bond donors (Lipinski definition) is 1. The maximum Gasteiger partial charge on any atom is 0.509 e. The lowest BCUT2D eigenvalue weighted by molar-refractivity contribution is -0.297. The molecular weight excluding hydrogens is 593 g/mol.